The molecule has 1 saturated carbocycles. The number of ether oxygens (including phenoxy) is 1. The summed E-state index contributed by atoms with van der Waals surface area (Å²) in [6, 6.07) is 14.6. The van der Waals surface area contributed by atoms with E-state index in [1.807, 2.05) is 31.2 Å². The first-order chi connectivity index (χ1) is 12.6. The number of amides is 2. The molecular weight excluding hydrogens is 396 g/mol. The summed E-state index contributed by atoms with van der Waals surface area (Å²) in [5, 5.41) is 5.47. The SMILES string of the molecule is CCCNC(=O)Nc1cccc(OC(=O)C2CC2c2ccc(Br)cc2)c1. The summed E-state index contributed by atoms with van der Waals surface area (Å²) in [5.74, 6) is 0.313. The van der Waals surface area contributed by atoms with Crippen molar-refractivity contribution >= 4 is 33.6 Å². The number of anilines is 1. The minimum atomic E-state index is -0.271. The molecule has 5 nitrogen and oxygen atoms in total. The first-order valence-electron chi connectivity index (χ1n) is 8.69. The standard InChI is InChI=1S/C20H21BrN2O3/c1-2-10-22-20(25)23-15-4-3-5-16(11-15)26-19(24)18-12-17(18)13-6-8-14(21)9-7-13/h3-9,11,17-18H,2,10,12H2,1H3,(H2,22,23,25). The lowest BCUT2D eigenvalue weighted by Gasteiger charge is -2.09. The predicted octanol–water partition coefficient (Wildman–Crippen LogP) is 4.69. The molecule has 0 saturated heterocycles. The van der Waals surface area contributed by atoms with Crippen molar-refractivity contribution in [3.05, 3.63) is 58.6 Å². The fourth-order valence-electron chi connectivity index (χ4n) is 2.78. The minimum absolute atomic E-state index is 0.111. The number of esters is 1. The molecule has 2 unspecified atom stereocenters. The van der Waals surface area contributed by atoms with Gasteiger partial charge in [0.2, 0.25) is 0 Å². The number of nitrogens with one attached hydrogen (secondary N) is 2. The summed E-state index contributed by atoms with van der Waals surface area (Å²) in [6.07, 6.45) is 1.67. The zero-order chi connectivity index (χ0) is 18.5. The van der Waals surface area contributed by atoms with Crippen LogP contribution in [-0.4, -0.2) is 18.5 Å². The maximum absolute atomic E-state index is 12.4. The van der Waals surface area contributed by atoms with Gasteiger partial charge in [0, 0.05) is 22.8 Å². The number of carbonyl (C=O) groups excluding carboxylic acids is 2. The van der Waals surface area contributed by atoms with Crippen LogP contribution < -0.4 is 15.4 Å². The molecule has 2 aromatic carbocycles. The molecular formula is C20H21BrN2O3. The highest BCUT2D eigenvalue weighted by Gasteiger charge is 2.45. The van der Waals surface area contributed by atoms with Gasteiger partial charge in [-0.25, -0.2) is 4.79 Å². The summed E-state index contributed by atoms with van der Waals surface area (Å²) < 4.78 is 6.52. The second-order valence-electron chi connectivity index (χ2n) is 6.33. The van der Waals surface area contributed by atoms with Crippen molar-refractivity contribution in [1.29, 1.82) is 0 Å². The van der Waals surface area contributed by atoms with E-state index in [4.69, 9.17) is 4.74 Å². The number of halogens is 1. The van der Waals surface area contributed by atoms with E-state index in [0.29, 0.717) is 18.0 Å². The maximum atomic E-state index is 12.4. The fourth-order valence-corrected chi connectivity index (χ4v) is 3.04. The zero-order valence-electron chi connectivity index (χ0n) is 14.5. The van der Waals surface area contributed by atoms with E-state index in [9.17, 15) is 9.59 Å². The van der Waals surface area contributed by atoms with Crippen LogP contribution in [0.25, 0.3) is 0 Å². The third-order valence-corrected chi connectivity index (χ3v) is 4.77. The van der Waals surface area contributed by atoms with Gasteiger partial charge in [-0.05, 0) is 48.6 Å². The quantitative estimate of drug-likeness (QED) is 0.530. The summed E-state index contributed by atoms with van der Waals surface area (Å²) in [6.45, 7) is 2.60. The molecule has 1 fully saturated rings. The molecule has 1 aliphatic rings. The largest absolute Gasteiger partial charge is 0.426 e. The summed E-state index contributed by atoms with van der Waals surface area (Å²) >= 11 is 3.41. The Kier molecular flexibility index (Phi) is 5.93. The van der Waals surface area contributed by atoms with Gasteiger partial charge in [-0.1, -0.05) is 41.1 Å². The van der Waals surface area contributed by atoms with Crippen molar-refractivity contribution in [3.8, 4) is 5.75 Å². The van der Waals surface area contributed by atoms with Crippen LogP contribution in [0.3, 0.4) is 0 Å². The Balaban J connectivity index is 1.56. The van der Waals surface area contributed by atoms with Crippen molar-refractivity contribution in [2.45, 2.75) is 25.7 Å². The van der Waals surface area contributed by atoms with E-state index >= 15 is 0 Å². The number of hydrogen-bond donors (Lipinski definition) is 2. The highest BCUT2D eigenvalue weighted by molar-refractivity contribution is 9.10. The van der Waals surface area contributed by atoms with Gasteiger partial charge in [-0.2, -0.15) is 0 Å². The number of benzene rings is 2. The van der Waals surface area contributed by atoms with Gasteiger partial charge in [0.15, 0.2) is 0 Å². The van der Waals surface area contributed by atoms with E-state index < -0.39 is 0 Å². The second-order valence-corrected chi connectivity index (χ2v) is 7.25. The van der Waals surface area contributed by atoms with Gasteiger partial charge in [0.1, 0.15) is 5.75 Å². The second kappa shape index (κ2) is 8.36. The molecule has 0 heterocycles. The number of carbonyl (C=O) groups is 2. The van der Waals surface area contributed by atoms with E-state index in [1.165, 1.54) is 0 Å². The average Bonchev–Trinajstić information content (AvgIpc) is 3.42. The van der Waals surface area contributed by atoms with Crippen molar-refractivity contribution in [2.75, 3.05) is 11.9 Å². The lowest BCUT2D eigenvalue weighted by atomic mass is 10.1. The summed E-state index contributed by atoms with van der Waals surface area (Å²) in [4.78, 5) is 24.1. The number of urea groups is 1. The molecule has 3 rings (SSSR count). The van der Waals surface area contributed by atoms with E-state index in [2.05, 4.69) is 26.6 Å². The molecule has 1 aliphatic carbocycles. The Labute approximate surface area is 161 Å². The summed E-state index contributed by atoms with van der Waals surface area (Å²) in [5.41, 5.74) is 1.74. The Hall–Kier alpha value is -2.34. The smallest absolute Gasteiger partial charge is 0.319 e. The van der Waals surface area contributed by atoms with Crippen molar-refractivity contribution < 1.29 is 14.3 Å². The third-order valence-electron chi connectivity index (χ3n) is 4.24. The minimum Gasteiger partial charge on any atom is -0.426 e. The Morgan fingerprint density at radius 2 is 1.96 bits per heavy atom. The molecule has 0 spiro atoms. The van der Waals surface area contributed by atoms with Crippen LogP contribution in [0, 0.1) is 5.92 Å². The van der Waals surface area contributed by atoms with Crippen molar-refractivity contribution in [2.24, 2.45) is 5.92 Å². The molecule has 0 radical (unpaired) electrons. The van der Waals surface area contributed by atoms with Gasteiger partial charge >= 0.3 is 12.0 Å². The highest BCUT2D eigenvalue weighted by atomic mass is 79.9. The number of rotatable bonds is 6. The third kappa shape index (κ3) is 4.85. The lowest BCUT2D eigenvalue weighted by molar-refractivity contribution is -0.135. The van der Waals surface area contributed by atoms with Gasteiger partial charge in [-0.15, -0.1) is 0 Å². The molecule has 2 atom stereocenters. The van der Waals surface area contributed by atoms with Crippen LogP contribution >= 0.6 is 15.9 Å². The molecule has 2 N–H and O–H groups in total. The van der Waals surface area contributed by atoms with Crippen LogP contribution in [0.2, 0.25) is 0 Å². The highest BCUT2D eigenvalue weighted by Crippen LogP contribution is 2.48. The van der Waals surface area contributed by atoms with Crippen LogP contribution in [0.4, 0.5) is 10.5 Å². The first-order valence-corrected chi connectivity index (χ1v) is 9.48. The van der Waals surface area contributed by atoms with Crippen molar-refractivity contribution in [3.63, 3.8) is 0 Å². The van der Waals surface area contributed by atoms with Crippen LogP contribution in [0.1, 0.15) is 31.2 Å². The predicted molar refractivity (Wildman–Crippen MR) is 104 cm³/mol. The molecule has 0 aliphatic heterocycles. The Morgan fingerprint density at radius 3 is 2.69 bits per heavy atom. The van der Waals surface area contributed by atoms with Crippen LogP contribution in [0.5, 0.6) is 5.75 Å². The Bertz CT molecular complexity index is 792. The monoisotopic (exact) mass is 416 g/mol. The molecule has 0 aromatic heterocycles. The fraction of sp³-hybridized carbons (Fsp3) is 0.300. The van der Waals surface area contributed by atoms with E-state index in [1.54, 1.807) is 24.3 Å². The number of hydrogen-bond acceptors (Lipinski definition) is 3. The zero-order valence-corrected chi connectivity index (χ0v) is 16.1. The van der Waals surface area contributed by atoms with E-state index in [0.717, 1.165) is 22.9 Å². The van der Waals surface area contributed by atoms with Crippen LogP contribution in [0.15, 0.2) is 53.0 Å². The topological polar surface area (TPSA) is 67.4 Å². The normalized spacial score (nSPS) is 18.1. The molecule has 2 amide bonds. The summed E-state index contributed by atoms with van der Waals surface area (Å²) in [7, 11) is 0. The lowest BCUT2D eigenvalue weighted by Crippen LogP contribution is -2.29. The maximum Gasteiger partial charge on any atom is 0.319 e. The molecule has 26 heavy (non-hydrogen) atoms. The molecule has 2 aromatic rings. The van der Waals surface area contributed by atoms with Gasteiger partial charge in [0.05, 0.1) is 5.92 Å². The van der Waals surface area contributed by atoms with Gasteiger partial charge < -0.3 is 15.4 Å². The Morgan fingerprint density at radius 1 is 1.19 bits per heavy atom. The van der Waals surface area contributed by atoms with Gasteiger partial charge in [-0.3, -0.25) is 4.79 Å². The van der Waals surface area contributed by atoms with Crippen molar-refractivity contribution in [1.82, 2.24) is 5.32 Å². The van der Waals surface area contributed by atoms with Crippen LogP contribution in [-0.2, 0) is 4.79 Å². The first kappa shape index (κ1) is 18.5. The van der Waals surface area contributed by atoms with E-state index in [-0.39, 0.29) is 23.8 Å². The molecule has 6 heteroatoms. The average molecular weight is 417 g/mol. The van der Waals surface area contributed by atoms with Gasteiger partial charge in [0.25, 0.3) is 0 Å². The molecule has 0 bridgehead atoms. The molecule has 136 valence electrons.